The lowest BCUT2D eigenvalue weighted by Gasteiger charge is -2.37. The summed E-state index contributed by atoms with van der Waals surface area (Å²) in [6.45, 7) is 5.49. The first-order valence-corrected chi connectivity index (χ1v) is 7.44. The predicted molar refractivity (Wildman–Crippen MR) is 84.1 cm³/mol. The second-order valence-corrected chi connectivity index (χ2v) is 6.39. The van der Waals surface area contributed by atoms with E-state index in [-0.39, 0.29) is 12.4 Å². The Labute approximate surface area is 129 Å². The number of piperidine rings is 1. The highest BCUT2D eigenvalue weighted by molar-refractivity contribution is 7.15. The van der Waals surface area contributed by atoms with Crippen molar-refractivity contribution < 1.29 is 0 Å². The highest BCUT2D eigenvalue weighted by Crippen LogP contribution is 2.29. The molecule has 20 heavy (non-hydrogen) atoms. The Hall–Kier alpha value is -1.11. The van der Waals surface area contributed by atoms with Gasteiger partial charge in [0.25, 0.3) is 0 Å². The van der Waals surface area contributed by atoms with E-state index < -0.39 is 0 Å². The average molecular weight is 314 g/mol. The molecule has 3 rings (SSSR count). The van der Waals surface area contributed by atoms with Crippen LogP contribution < -0.4 is 5.73 Å². The third kappa shape index (κ3) is 3.31. The molecule has 0 saturated carbocycles. The third-order valence-corrected chi connectivity index (χ3v) is 4.67. The number of nitrogens with two attached hydrogens (primary N) is 1. The van der Waals surface area contributed by atoms with Gasteiger partial charge in [-0.25, -0.2) is 9.97 Å². The fraction of sp³-hybridized carbons (Fsp3) is 0.538. The molecule has 110 valence electrons. The van der Waals surface area contributed by atoms with Gasteiger partial charge in [0.05, 0.1) is 6.33 Å². The zero-order valence-corrected chi connectivity index (χ0v) is 13.1. The normalized spacial score (nSPS) is 23.4. The van der Waals surface area contributed by atoms with E-state index in [1.54, 1.807) is 11.3 Å². The molecule has 0 bridgehead atoms. The second kappa shape index (κ2) is 6.56. The molecule has 1 saturated heterocycles. The van der Waals surface area contributed by atoms with Crippen molar-refractivity contribution in [2.75, 3.05) is 18.8 Å². The van der Waals surface area contributed by atoms with E-state index in [1.807, 2.05) is 18.7 Å². The molecule has 3 heterocycles. The molecule has 0 radical (unpaired) electrons. The first kappa shape index (κ1) is 15.3. The zero-order chi connectivity index (χ0) is 13.2. The zero-order valence-electron chi connectivity index (χ0n) is 11.5. The Morgan fingerprint density at radius 1 is 1.50 bits per heavy atom. The van der Waals surface area contributed by atoms with Crippen molar-refractivity contribution in [2.45, 2.75) is 25.9 Å². The number of hydrogen-bond acceptors (Lipinski definition) is 5. The molecular weight excluding hydrogens is 294 g/mol. The number of rotatable bonds is 3. The fourth-order valence-corrected chi connectivity index (χ4v) is 3.45. The number of hydrogen-bond donors (Lipinski definition) is 1. The van der Waals surface area contributed by atoms with Gasteiger partial charge in [-0.2, -0.15) is 0 Å². The molecule has 2 N–H and O–H groups in total. The van der Waals surface area contributed by atoms with Gasteiger partial charge in [0.15, 0.2) is 5.13 Å². The molecule has 2 aromatic rings. The van der Waals surface area contributed by atoms with E-state index >= 15 is 0 Å². The summed E-state index contributed by atoms with van der Waals surface area (Å²) in [7, 11) is 0. The van der Waals surface area contributed by atoms with E-state index in [2.05, 4.69) is 32.6 Å². The Morgan fingerprint density at radius 3 is 3.00 bits per heavy atom. The van der Waals surface area contributed by atoms with Crippen LogP contribution in [0.3, 0.4) is 0 Å². The van der Waals surface area contributed by atoms with E-state index in [1.165, 1.54) is 11.3 Å². The Bertz CT molecular complexity index is 527. The van der Waals surface area contributed by atoms with Gasteiger partial charge in [0, 0.05) is 42.6 Å². The maximum absolute atomic E-state index is 5.69. The minimum absolute atomic E-state index is 0. The van der Waals surface area contributed by atoms with Crippen LogP contribution in [-0.2, 0) is 6.54 Å². The predicted octanol–water partition coefficient (Wildman–Crippen LogP) is 2.43. The van der Waals surface area contributed by atoms with Gasteiger partial charge in [-0.3, -0.25) is 4.90 Å². The number of halogens is 1. The Balaban J connectivity index is 0.00000147. The van der Waals surface area contributed by atoms with Crippen molar-refractivity contribution >= 4 is 28.9 Å². The summed E-state index contributed by atoms with van der Waals surface area (Å²) in [5, 5.41) is 0.659. The molecule has 1 fully saturated rings. The van der Waals surface area contributed by atoms with E-state index in [9.17, 15) is 0 Å². The van der Waals surface area contributed by atoms with Crippen LogP contribution in [0.25, 0.3) is 0 Å². The lowest BCUT2D eigenvalue weighted by molar-refractivity contribution is 0.127. The van der Waals surface area contributed by atoms with E-state index in [0.717, 1.165) is 19.6 Å². The van der Waals surface area contributed by atoms with Crippen LogP contribution in [0, 0.1) is 5.92 Å². The smallest absolute Gasteiger partial charge is 0.180 e. The first-order valence-electron chi connectivity index (χ1n) is 6.62. The molecule has 0 aliphatic carbocycles. The maximum Gasteiger partial charge on any atom is 0.180 e. The van der Waals surface area contributed by atoms with Gasteiger partial charge in [-0.1, -0.05) is 6.92 Å². The quantitative estimate of drug-likeness (QED) is 0.945. The summed E-state index contributed by atoms with van der Waals surface area (Å²) in [5.41, 5.74) is 5.69. The summed E-state index contributed by atoms with van der Waals surface area (Å²) in [6.07, 6.45) is 8.96. The van der Waals surface area contributed by atoms with Gasteiger partial charge in [-0.05, 0) is 18.9 Å². The SMILES string of the molecule is CC1CCN(Cc2cnc(N)s2)CC1n1ccnc1.Cl. The first-order chi connectivity index (χ1) is 9.22. The lowest BCUT2D eigenvalue weighted by Crippen LogP contribution is -2.39. The number of likely N-dealkylation sites (tertiary alicyclic amines) is 1. The van der Waals surface area contributed by atoms with E-state index in [0.29, 0.717) is 17.1 Å². The number of anilines is 1. The van der Waals surface area contributed by atoms with Crippen LogP contribution in [0.2, 0.25) is 0 Å². The summed E-state index contributed by atoms with van der Waals surface area (Å²) >= 11 is 1.59. The number of thiazole rings is 1. The minimum Gasteiger partial charge on any atom is -0.375 e. The van der Waals surface area contributed by atoms with E-state index in [4.69, 9.17) is 5.73 Å². The number of aromatic nitrogens is 3. The average Bonchev–Trinajstić information content (AvgIpc) is 3.03. The monoisotopic (exact) mass is 313 g/mol. The molecule has 0 aromatic carbocycles. The van der Waals surface area contributed by atoms with Gasteiger partial charge < -0.3 is 10.3 Å². The topological polar surface area (TPSA) is 60.0 Å². The molecule has 0 spiro atoms. The van der Waals surface area contributed by atoms with Crippen molar-refractivity contribution in [3.63, 3.8) is 0 Å². The summed E-state index contributed by atoms with van der Waals surface area (Å²) in [4.78, 5) is 12.0. The Morgan fingerprint density at radius 2 is 2.35 bits per heavy atom. The molecular formula is C13H20ClN5S. The fourth-order valence-electron chi connectivity index (χ4n) is 2.73. The molecule has 2 aromatic heterocycles. The molecule has 2 unspecified atom stereocenters. The largest absolute Gasteiger partial charge is 0.375 e. The van der Waals surface area contributed by atoms with Crippen molar-refractivity contribution in [2.24, 2.45) is 5.92 Å². The van der Waals surface area contributed by atoms with Gasteiger partial charge in [0.1, 0.15) is 0 Å². The third-order valence-electron chi connectivity index (χ3n) is 3.86. The van der Waals surface area contributed by atoms with Crippen LogP contribution in [0.5, 0.6) is 0 Å². The number of nitrogen functional groups attached to an aromatic ring is 1. The van der Waals surface area contributed by atoms with Crippen LogP contribution in [-0.4, -0.2) is 32.5 Å². The van der Waals surface area contributed by atoms with Gasteiger partial charge in [0.2, 0.25) is 0 Å². The summed E-state index contributed by atoms with van der Waals surface area (Å²) in [6, 6.07) is 0.515. The summed E-state index contributed by atoms with van der Waals surface area (Å²) in [5.74, 6) is 0.692. The van der Waals surface area contributed by atoms with Crippen molar-refractivity contribution in [3.05, 3.63) is 29.8 Å². The molecule has 1 aliphatic rings. The lowest BCUT2D eigenvalue weighted by atomic mass is 9.93. The Kier molecular flexibility index (Phi) is 5.01. The minimum atomic E-state index is 0. The van der Waals surface area contributed by atoms with Crippen LogP contribution in [0.4, 0.5) is 5.13 Å². The van der Waals surface area contributed by atoms with Crippen molar-refractivity contribution in [1.82, 2.24) is 19.4 Å². The molecule has 0 amide bonds. The number of nitrogens with zero attached hydrogens (tertiary/aromatic N) is 4. The van der Waals surface area contributed by atoms with Gasteiger partial charge >= 0.3 is 0 Å². The van der Waals surface area contributed by atoms with Gasteiger partial charge in [-0.15, -0.1) is 23.7 Å². The molecule has 1 aliphatic heterocycles. The highest BCUT2D eigenvalue weighted by Gasteiger charge is 2.27. The summed E-state index contributed by atoms with van der Waals surface area (Å²) < 4.78 is 2.23. The standard InChI is InChI=1S/C13H19N5S.ClH/c1-10-2-4-17(7-11-6-16-13(14)19-11)8-12(10)18-5-3-15-9-18;/h3,5-6,9-10,12H,2,4,7-8H2,1H3,(H2,14,16);1H. The van der Waals surface area contributed by atoms with Crippen LogP contribution in [0.1, 0.15) is 24.3 Å². The van der Waals surface area contributed by atoms with Crippen molar-refractivity contribution in [1.29, 1.82) is 0 Å². The highest BCUT2D eigenvalue weighted by atomic mass is 35.5. The molecule has 2 atom stereocenters. The second-order valence-electron chi connectivity index (χ2n) is 5.24. The molecule has 5 nitrogen and oxygen atoms in total. The molecule has 7 heteroatoms. The van der Waals surface area contributed by atoms with Crippen LogP contribution in [0.15, 0.2) is 24.9 Å². The van der Waals surface area contributed by atoms with Crippen LogP contribution >= 0.6 is 23.7 Å². The number of imidazole rings is 1. The maximum atomic E-state index is 5.69. The van der Waals surface area contributed by atoms with Crippen molar-refractivity contribution in [3.8, 4) is 0 Å².